The van der Waals surface area contributed by atoms with Gasteiger partial charge in [0.05, 0.1) is 11.1 Å². The number of aliphatic hydroxyl groups excluding tert-OH is 1. The molecule has 4 aromatic rings. The quantitative estimate of drug-likeness (QED) is 0.385. The smallest absolute Gasteiger partial charge is 0.425 e. The molecule has 35 heavy (non-hydrogen) atoms. The molecule has 0 unspecified atom stereocenters. The number of fused-ring (bicyclic) bond motifs is 1. The number of aliphatic hydroxyl groups is 1. The third kappa shape index (κ3) is 4.56. The summed E-state index contributed by atoms with van der Waals surface area (Å²) in [5, 5.41) is 20.7. The average molecular weight is 513 g/mol. The number of halogens is 4. The van der Waals surface area contributed by atoms with Crippen molar-refractivity contribution in [1.82, 2.24) is 29.5 Å². The van der Waals surface area contributed by atoms with Crippen LogP contribution in [0.5, 0.6) is 17.4 Å². The Hall–Kier alpha value is -3.58. The lowest BCUT2D eigenvalue weighted by Gasteiger charge is -2.20. The highest BCUT2D eigenvalue weighted by Gasteiger charge is 2.38. The van der Waals surface area contributed by atoms with Gasteiger partial charge in [-0.1, -0.05) is 11.6 Å². The van der Waals surface area contributed by atoms with Gasteiger partial charge in [0.1, 0.15) is 18.1 Å². The van der Waals surface area contributed by atoms with Crippen molar-refractivity contribution in [2.45, 2.75) is 46.2 Å². The maximum atomic E-state index is 13.4. The van der Waals surface area contributed by atoms with Gasteiger partial charge in [0, 0.05) is 18.8 Å². The van der Waals surface area contributed by atoms with Crippen molar-refractivity contribution >= 4 is 22.4 Å². The van der Waals surface area contributed by atoms with E-state index in [2.05, 4.69) is 20.3 Å². The van der Waals surface area contributed by atoms with Crippen LogP contribution in [0.4, 0.5) is 13.2 Å². The van der Waals surface area contributed by atoms with Gasteiger partial charge < -0.3 is 14.6 Å². The predicted octanol–water partition coefficient (Wildman–Crippen LogP) is 3.90. The minimum Gasteiger partial charge on any atom is -0.480 e. The van der Waals surface area contributed by atoms with Gasteiger partial charge >= 0.3 is 11.9 Å². The monoisotopic (exact) mass is 512 g/mol. The third-order valence-electron chi connectivity index (χ3n) is 5.23. The summed E-state index contributed by atoms with van der Waals surface area (Å²) < 4.78 is 53.5. The molecule has 186 valence electrons. The summed E-state index contributed by atoms with van der Waals surface area (Å²) in [6.45, 7) is 3.92. The first-order valence-corrected chi connectivity index (χ1v) is 10.8. The molecule has 0 amide bonds. The number of aromatic amines is 1. The number of hydrogen-bond acceptors (Lipinski definition) is 7. The zero-order valence-corrected chi connectivity index (χ0v) is 19.5. The second kappa shape index (κ2) is 9.23. The number of benzene rings is 1. The van der Waals surface area contributed by atoms with Crippen LogP contribution >= 0.6 is 11.6 Å². The van der Waals surface area contributed by atoms with Gasteiger partial charge in [0.25, 0.3) is 0 Å². The van der Waals surface area contributed by atoms with E-state index in [1.54, 1.807) is 13.8 Å². The van der Waals surface area contributed by atoms with Gasteiger partial charge in [0.2, 0.25) is 5.88 Å². The largest absolute Gasteiger partial charge is 0.480 e. The van der Waals surface area contributed by atoms with Crippen LogP contribution in [0.2, 0.25) is 5.15 Å². The number of hydrogen-bond donors (Lipinski definition) is 2. The topological polar surface area (TPSA) is 120 Å². The number of ether oxygens (including phenoxy) is 2. The lowest BCUT2D eigenvalue weighted by Crippen LogP contribution is -2.31. The van der Waals surface area contributed by atoms with E-state index in [-0.39, 0.29) is 46.0 Å². The predicted molar refractivity (Wildman–Crippen MR) is 119 cm³/mol. The summed E-state index contributed by atoms with van der Waals surface area (Å²) >= 11 is 6.08. The standard InChI is InChI=1S/C21H20ClF3N6O4/c1-4-30-15(9-32)29-31(20(30)33)13-7-12-5-6-26-19(35-17-10(2)27-28-18(17)22)16(12)14(8-13)34-11(3)21(23,24)25/h5-8,11,32H,4,9H2,1-3H3,(H,27,28)/t11-/m0/s1. The van der Waals surface area contributed by atoms with E-state index in [0.717, 1.165) is 11.6 Å². The first-order chi connectivity index (χ1) is 16.5. The first-order valence-electron chi connectivity index (χ1n) is 10.4. The SMILES string of the molecule is CCn1c(CO)nn(-c2cc(O[C@@H](C)C(F)(F)F)c3c(Oc4c(C)n[nH]c4Cl)nccc3c2)c1=O. The molecule has 0 saturated heterocycles. The Bertz CT molecular complexity index is 1430. The van der Waals surface area contributed by atoms with E-state index in [1.165, 1.54) is 29.0 Å². The van der Waals surface area contributed by atoms with Crippen molar-refractivity contribution in [3.8, 4) is 23.1 Å². The van der Waals surface area contributed by atoms with Gasteiger partial charge in [0.15, 0.2) is 22.8 Å². The maximum absolute atomic E-state index is 13.4. The van der Waals surface area contributed by atoms with Crippen LogP contribution in [0.15, 0.2) is 29.2 Å². The van der Waals surface area contributed by atoms with Gasteiger partial charge in [-0.2, -0.15) is 23.0 Å². The molecule has 14 heteroatoms. The molecule has 0 saturated carbocycles. The summed E-state index contributed by atoms with van der Waals surface area (Å²) in [7, 11) is 0. The molecular weight excluding hydrogens is 493 g/mol. The second-order valence-electron chi connectivity index (χ2n) is 7.53. The number of nitrogens with one attached hydrogen (secondary N) is 1. The summed E-state index contributed by atoms with van der Waals surface area (Å²) in [5.41, 5.74) is -0.0368. The average Bonchev–Trinajstić information content (AvgIpc) is 3.31. The zero-order chi connectivity index (χ0) is 25.5. The Labute approximate surface area is 200 Å². The Kier molecular flexibility index (Phi) is 6.47. The minimum absolute atomic E-state index is 0.0766. The van der Waals surface area contributed by atoms with Crippen LogP contribution in [0.25, 0.3) is 16.5 Å². The molecular formula is C21H20ClF3N6O4. The van der Waals surface area contributed by atoms with Crippen LogP contribution in [-0.4, -0.2) is 46.9 Å². The molecule has 0 spiro atoms. The number of pyridine rings is 1. The van der Waals surface area contributed by atoms with E-state index in [1.807, 2.05) is 0 Å². The Balaban J connectivity index is 1.94. The number of nitrogens with zero attached hydrogens (tertiary/aromatic N) is 5. The normalized spacial score (nSPS) is 12.8. The lowest BCUT2D eigenvalue weighted by molar-refractivity contribution is -0.189. The maximum Gasteiger partial charge on any atom is 0.425 e. The van der Waals surface area contributed by atoms with Crippen LogP contribution in [0, 0.1) is 6.92 Å². The molecule has 3 aromatic heterocycles. The molecule has 10 nitrogen and oxygen atoms in total. The van der Waals surface area contributed by atoms with Crippen molar-refractivity contribution < 1.29 is 27.8 Å². The van der Waals surface area contributed by atoms with Gasteiger partial charge in [-0.3, -0.25) is 9.67 Å². The number of rotatable bonds is 7. The van der Waals surface area contributed by atoms with E-state index in [9.17, 15) is 23.1 Å². The molecule has 3 heterocycles. The highest BCUT2D eigenvalue weighted by molar-refractivity contribution is 6.31. The Morgan fingerprint density at radius 1 is 1.31 bits per heavy atom. The summed E-state index contributed by atoms with van der Waals surface area (Å²) in [4.78, 5) is 17.0. The molecule has 0 radical (unpaired) electrons. The molecule has 0 bridgehead atoms. The fraction of sp³-hybridized carbons (Fsp3) is 0.333. The number of H-pyrrole nitrogens is 1. The molecule has 0 fully saturated rings. The molecule has 1 atom stereocenters. The summed E-state index contributed by atoms with van der Waals surface area (Å²) in [6.07, 6.45) is -5.47. The van der Waals surface area contributed by atoms with Gasteiger partial charge in [-0.25, -0.2) is 9.78 Å². The van der Waals surface area contributed by atoms with E-state index < -0.39 is 24.6 Å². The fourth-order valence-electron chi connectivity index (χ4n) is 3.43. The van der Waals surface area contributed by atoms with Crippen molar-refractivity contribution in [1.29, 1.82) is 0 Å². The zero-order valence-electron chi connectivity index (χ0n) is 18.7. The highest BCUT2D eigenvalue weighted by Crippen LogP contribution is 2.40. The number of alkyl halides is 3. The van der Waals surface area contributed by atoms with Crippen molar-refractivity contribution in [3.05, 3.63) is 51.6 Å². The van der Waals surface area contributed by atoms with E-state index in [0.29, 0.717) is 11.1 Å². The first kappa shape index (κ1) is 24.5. The van der Waals surface area contributed by atoms with Gasteiger partial charge in [-0.15, -0.1) is 5.10 Å². The molecule has 0 aliphatic heterocycles. The van der Waals surface area contributed by atoms with Crippen LogP contribution in [0.1, 0.15) is 25.4 Å². The molecule has 0 aliphatic rings. The van der Waals surface area contributed by atoms with E-state index in [4.69, 9.17) is 21.1 Å². The number of aromatic nitrogens is 6. The Morgan fingerprint density at radius 3 is 2.63 bits per heavy atom. The fourth-order valence-corrected chi connectivity index (χ4v) is 3.65. The minimum atomic E-state index is -4.67. The van der Waals surface area contributed by atoms with Crippen LogP contribution in [-0.2, 0) is 13.2 Å². The Morgan fingerprint density at radius 2 is 2.06 bits per heavy atom. The molecule has 4 rings (SSSR count). The van der Waals surface area contributed by atoms with Crippen molar-refractivity contribution in [2.24, 2.45) is 0 Å². The molecule has 0 aliphatic carbocycles. The van der Waals surface area contributed by atoms with Gasteiger partial charge in [-0.05, 0) is 38.3 Å². The van der Waals surface area contributed by atoms with Crippen LogP contribution in [0.3, 0.4) is 0 Å². The van der Waals surface area contributed by atoms with E-state index >= 15 is 0 Å². The number of aryl methyl sites for hydroxylation is 1. The summed E-state index contributed by atoms with van der Waals surface area (Å²) in [5.74, 6) is -0.0675. The van der Waals surface area contributed by atoms with Crippen molar-refractivity contribution in [3.63, 3.8) is 0 Å². The summed E-state index contributed by atoms with van der Waals surface area (Å²) in [6, 6.07) is 4.28. The molecule has 2 N–H and O–H groups in total. The van der Waals surface area contributed by atoms with Crippen molar-refractivity contribution in [2.75, 3.05) is 0 Å². The lowest BCUT2D eigenvalue weighted by atomic mass is 10.1. The van der Waals surface area contributed by atoms with Crippen LogP contribution < -0.4 is 15.2 Å². The second-order valence-corrected chi connectivity index (χ2v) is 7.90. The highest BCUT2D eigenvalue weighted by atomic mass is 35.5. The third-order valence-corrected chi connectivity index (χ3v) is 5.49. The molecule has 1 aromatic carbocycles.